The van der Waals surface area contributed by atoms with Gasteiger partial charge in [0.05, 0.1) is 12.8 Å². The Morgan fingerprint density at radius 1 is 1.16 bits per heavy atom. The number of ether oxygens (including phenoxy) is 1. The Bertz CT molecular complexity index is 736. The first-order chi connectivity index (χ1) is 12.2. The zero-order valence-electron chi connectivity index (χ0n) is 14.7. The highest BCUT2D eigenvalue weighted by atomic mass is 19.1. The van der Waals surface area contributed by atoms with Crippen LogP contribution in [0.4, 0.5) is 4.39 Å². The standard InChI is InChI=1S/C20H24FN3O/c1-23-10-15-11-24(13-19-18(21)4-3-9-22-19)12-17(15)20(23)14-5-7-16(25-2)8-6-14/h3-9,15,17,20H,10-13H2,1-2H3/t15-,17+,20+/m0/s1. The van der Waals surface area contributed by atoms with Crippen molar-refractivity contribution in [3.05, 3.63) is 59.7 Å². The van der Waals surface area contributed by atoms with E-state index in [-0.39, 0.29) is 5.82 Å². The summed E-state index contributed by atoms with van der Waals surface area (Å²) in [4.78, 5) is 9.01. The number of halogens is 1. The third-order valence-corrected chi connectivity index (χ3v) is 5.64. The van der Waals surface area contributed by atoms with Gasteiger partial charge in [-0.2, -0.15) is 0 Å². The Hall–Kier alpha value is -1.98. The van der Waals surface area contributed by atoms with Crippen molar-refractivity contribution in [1.29, 1.82) is 0 Å². The molecule has 2 aliphatic heterocycles. The van der Waals surface area contributed by atoms with E-state index in [0.717, 1.165) is 25.4 Å². The summed E-state index contributed by atoms with van der Waals surface area (Å²) >= 11 is 0. The molecule has 4 nitrogen and oxygen atoms in total. The number of methoxy groups -OCH3 is 1. The molecule has 0 aliphatic carbocycles. The molecule has 2 aliphatic rings. The van der Waals surface area contributed by atoms with Crippen LogP contribution in [0.1, 0.15) is 17.3 Å². The summed E-state index contributed by atoms with van der Waals surface area (Å²) in [7, 11) is 3.90. The van der Waals surface area contributed by atoms with E-state index in [2.05, 4.69) is 34.0 Å². The fourth-order valence-corrected chi connectivity index (χ4v) is 4.53. The van der Waals surface area contributed by atoms with E-state index < -0.39 is 0 Å². The molecule has 2 aromatic rings. The highest BCUT2D eigenvalue weighted by Crippen LogP contribution is 2.44. The number of benzene rings is 1. The summed E-state index contributed by atoms with van der Waals surface area (Å²) in [5, 5.41) is 0. The van der Waals surface area contributed by atoms with Crippen LogP contribution in [0, 0.1) is 17.7 Å². The maximum absolute atomic E-state index is 13.9. The number of hydrogen-bond donors (Lipinski definition) is 0. The number of likely N-dealkylation sites (tertiary alicyclic amines) is 2. The molecule has 0 saturated carbocycles. The SMILES string of the molecule is COc1ccc([C@@H]2[C@@H]3CN(Cc4ncccc4F)C[C@@H]3CN2C)cc1. The minimum Gasteiger partial charge on any atom is -0.497 e. The van der Waals surface area contributed by atoms with E-state index in [0.29, 0.717) is 30.1 Å². The highest BCUT2D eigenvalue weighted by Gasteiger charge is 2.46. The Kier molecular flexibility index (Phi) is 4.44. The normalized spacial score (nSPS) is 26.8. The van der Waals surface area contributed by atoms with Crippen molar-refractivity contribution in [2.24, 2.45) is 11.8 Å². The largest absolute Gasteiger partial charge is 0.497 e. The van der Waals surface area contributed by atoms with Gasteiger partial charge in [0, 0.05) is 38.4 Å². The fraction of sp³-hybridized carbons (Fsp3) is 0.450. The van der Waals surface area contributed by atoms with Gasteiger partial charge in [0.2, 0.25) is 0 Å². The summed E-state index contributed by atoms with van der Waals surface area (Å²) in [5.41, 5.74) is 1.89. The van der Waals surface area contributed by atoms with Gasteiger partial charge in [0.25, 0.3) is 0 Å². The molecular formula is C20H24FN3O. The van der Waals surface area contributed by atoms with Gasteiger partial charge in [0.1, 0.15) is 11.6 Å². The lowest BCUT2D eigenvalue weighted by molar-refractivity contribution is 0.221. The molecule has 3 heterocycles. The lowest BCUT2D eigenvalue weighted by Crippen LogP contribution is -2.29. The monoisotopic (exact) mass is 341 g/mol. The van der Waals surface area contributed by atoms with E-state index in [1.165, 1.54) is 11.6 Å². The molecule has 1 aromatic carbocycles. The fourth-order valence-electron chi connectivity index (χ4n) is 4.53. The minimum atomic E-state index is -0.205. The molecule has 5 heteroatoms. The van der Waals surface area contributed by atoms with E-state index in [4.69, 9.17) is 4.74 Å². The van der Waals surface area contributed by atoms with E-state index in [1.807, 2.05) is 12.1 Å². The van der Waals surface area contributed by atoms with Gasteiger partial charge >= 0.3 is 0 Å². The van der Waals surface area contributed by atoms with E-state index in [1.54, 1.807) is 19.4 Å². The first kappa shape index (κ1) is 16.5. The van der Waals surface area contributed by atoms with Crippen molar-refractivity contribution in [3.8, 4) is 5.75 Å². The number of fused-ring (bicyclic) bond motifs is 1. The average molecular weight is 341 g/mol. The highest BCUT2D eigenvalue weighted by molar-refractivity contribution is 5.30. The van der Waals surface area contributed by atoms with Gasteiger partial charge in [-0.05, 0) is 48.7 Å². The average Bonchev–Trinajstić information content (AvgIpc) is 3.13. The van der Waals surface area contributed by atoms with Crippen LogP contribution in [0.2, 0.25) is 0 Å². The van der Waals surface area contributed by atoms with Crippen LogP contribution < -0.4 is 4.74 Å². The van der Waals surface area contributed by atoms with Crippen LogP contribution in [-0.4, -0.2) is 48.6 Å². The van der Waals surface area contributed by atoms with Gasteiger partial charge in [-0.25, -0.2) is 4.39 Å². The third kappa shape index (κ3) is 3.14. The van der Waals surface area contributed by atoms with Gasteiger partial charge in [0.15, 0.2) is 0 Å². The molecule has 0 N–H and O–H groups in total. The summed E-state index contributed by atoms with van der Waals surface area (Å²) in [6.07, 6.45) is 1.67. The molecule has 2 saturated heterocycles. The first-order valence-electron chi connectivity index (χ1n) is 8.81. The van der Waals surface area contributed by atoms with Crippen molar-refractivity contribution in [3.63, 3.8) is 0 Å². The third-order valence-electron chi connectivity index (χ3n) is 5.64. The van der Waals surface area contributed by atoms with Gasteiger partial charge in [-0.3, -0.25) is 14.8 Å². The zero-order chi connectivity index (χ0) is 17.4. The lowest BCUT2D eigenvalue weighted by Gasteiger charge is -2.27. The van der Waals surface area contributed by atoms with Crippen molar-refractivity contribution in [2.45, 2.75) is 12.6 Å². The van der Waals surface area contributed by atoms with Crippen molar-refractivity contribution in [1.82, 2.24) is 14.8 Å². The molecule has 25 heavy (non-hydrogen) atoms. The van der Waals surface area contributed by atoms with E-state index >= 15 is 0 Å². The van der Waals surface area contributed by atoms with Crippen LogP contribution >= 0.6 is 0 Å². The number of aromatic nitrogens is 1. The summed E-state index contributed by atoms with van der Waals surface area (Å²) in [6.45, 7) is 3.68. The maximum atomic E-state index is 13.9. The Morgan fingerprint density at radius 3 is 2.68 bits per heavy atom. The van der Waals surface area contributed by atoms with Crippen LogP contribution in [0.5, 0.6) is 5.75 Å². The van der Waals surface area contributed by atoms with Gasteiger partial charge in [-0.15, -0.1) is 0 Å². The van der Waals surface area contributed by atoms with Crippen molar-refractivity contribution < 1.29 is 9.13 Å². The predicted octanol–water partition coefficient (Wildman–Crippen LogP) is 2.96. The number of hydrogen-bond acceptors (Lipinski definition) is 4. The molecule has 0 radical (unpaired) electrons. The zero-order valence-corrected chi connectivity index (χ0v) is 14.7. The molecule has 0 bridgehead atoms. The van der Waals surface area contributed by atoms with Crippen molar-refractivity contribution >= 4 is 0 Å². The Morgan fingerprint density at radius 2 is 1.96 bits per heavy atom. The van der Waals surface area contributed by atoms with Gasteiger partial charge < -0.3 is 4.74 Å². The van der Waals surface area contributed by atoms with Gasteiger partial charge in [-0.1, -0.05) is 12.1 Å². The number of nitrogens with zero attached hydrogens (tertiary/aromatic N) is 3. The molecule has 0 spiro atoms. The molecule has 1 aromatic heterocycles. The molecule has 132 valence electrons. The van der Waals surface area contributed by atoms with E-state index in [9.17, 15) is 4.39 Å². The second-order valence-electron chi connectivity index (χ2n) is 7.21. The quantitative estimate of drug-likeness (QED) is 0.855. The number of rotatable bonds is 4. The Labute approximate surface area is 148 Å². The Balaban J connectivity index is 1.49. The van der Waals surface area contributed by atoms with Crippen LogP contribution in [0.15, 0.2) is 42.6 Å². The summed E-state index contributed by atoms with van der Waals surface area (Å²) < 4.78 is 19.2. The lowest BCUT2D eigenvalue weighted by atomic mass is 9.89. The maximum Gasteiger partial charge on any atom is 0.146 e. The molecule has 2 fully saturated rings. The minimum absolute atomic E-state index is 0.205. The predicted molar refractivity (Wildman–Crippen MR) is 94.8 cm³/mol. The summed E-state index contributed by atoms with van der Waals surface area (Å²) in [6, 6.07) is 12.0. The second kappa shape index (κ2) is 6.73. The molecule has 3 atom stereocenters. The molecule has 4 rings (SSSR count). The number of pyridine rings is 1. The van der Waals surface area contributed by atoms with Crippen LogP contribution in [0.25, 0.3) is 0 Å². The van der Waals surface area contributed by atoms with Crippen molar-refractivity contribution in [2.75, 3.05) is 33.8 Å². The topological polar surface area (TPSA) is 28.6 Å². The summed E-state index contributed by atoms with van der Waals surface area (Å²) in [5.74, 6) is 1.89. The second-order valence-corrected chi connectivity index (χ2v) is 7.21. The van der Waals surface area contributed by atoms with Crippen LogP contribution in [-0.2, 0) is 6.54 Å². The smallest absolute Gasteiger partial charge is 0.146 e. The van der Waals surface area contributed by atoms with Crippen LogP contribution in [0.3, 0.4) is 0 Å². The molecule has 0 amide bonds. The first-order valence-corrected chi connectivity index (χ1v) is 8.81. The molecular weight excluding hydrogens is 317 g/mol. The molecule has 0 unspecified atom stereocenters.